The monoisotopic (exact) mass is 429 g/mol. The predicted octanol–water partition coefficient (Wildman–Crippen LogP) is 5.87. The van der Waals surface area contributed by atoms with Crippen LogP contribution >= 0.6 is 11.6 Å². The summed E-state index contributed by atoms with van der Waals surface area (Å²) >= 11 is 6.86. The molecule has 0 unspecified atom stereocenters. The van der Waals surface area contributed by atoms with Gasteiger partial charge >= 0.3 is 0 Å². The van der Waals surface area contributed by atoms with E-state index < -0.39 is 10.0 Å². The summed E-state index contributed by atoms with van der Waals surface area (Å²) in [6, 6.07) is 16.9. The highest BCUT2D eigenvalue weighted by Gasteiger charge is 2.39. The molecule has 29 heavy (non-hydrogen) atoms. The van der Waals surface area contributed by atoms with Gasteiger partial charge in [0.2, 0.25) is 10.0 Å². The summed E-state index contributed by atoms with van der Waals surface area (Å²) in [4.78, 5) is 0.322. The Bertz CT molecular complexity index is 1010. The van der Waals surface area contributed by atoms with Crippen molar-refractivity contribution in [3.05, 3.63) is 82.6 Å². The molecule has 0 N–H and O–H groups in total. The van der Waals surface area contributed by atoms with Crippen LogP contribution < -0.4 is 0 Å². The van der Waals surface area contributed by atoms with Gasteiger partial charge in [-0.15, -0.1) is 17.3 Å². The standard InChI is InChI=1S/C24H28ClNO2S/c1-4-8-19(3)15-21-16-26(29(27,28)22-13-11-18(2)12-14-22)17-23(21)24(25)20-9-6-5-7-10-20/h5-7,9-14,23-24H,4,8,16-17H2,1-3H3/t15?,23-,24-/m1/s1. The Balaban J connectivity index is 1.98. The second-order valence-electron chi connectivity index (χ2n) is 7.71. The van der Waals surface area contributed by atoms with Crippen molar-refractivity contribution in [2.45, 2.75) is 43.9 Å². The van der Waals surface area contributed by atoms with Crippen molar-refractivity contribution < 1.29 is 8.42 Å². The molecule has 2 atom stereocenters. The van der Waals surface area contributed by atoms with E-state index in [1.807, 2.05) is 49.4 Å². The molecule has 3 rings (SSSR count). The molecule has 0 spiro atoms. The maximum atomic E-state index is 13.2. The van der Waals surface area contributed by atoms with Crippen LogP contribution in [0.3, 0.4) is 0 Å². The summed E-state index contributed by atoms with van der Waals surface area (Å²) in [5, 5.41) is -0.300. The topological polar surface area (TPSA) is 37.4 Å². The zero-order valence-electron chi connectivity index (χ0n) is 17.2. The van der Waals surface area contributed by atoms with E-state index in [1.54, 1.807) is 16.4 Å². The Hall–Kier alpha value is -1.84. The van der Waals surface area contributed by atoms with Gasteiger partial charge in [0.05, 0.1) is 10.3 Å². The first-order chi connectivity index (χ1) is 13.8. The molecule has 1 heterocycles. The Morgan fingerprint density at radius 1 is 1.17 bits per heavy atom. The maximum Gasteiger partial charge on any atom is 0.243 e. The molecule has 5 heteroatoms. The van der Waals surface area contributed by atoms with Crippen molar-refractivity contribution in [1.29, 1.82) is 0 Å². The van der Waals surface area contributed by atoms with Gasteiger partial charge in [-0.2, -0.15) is 4.31 Å². The van der Waals surface area contributed by atoms with Gasteiger partial charge in [0, 0.05) is 19.0 Å². The summed E-state index contributed by atoms with van der Waals surface area (Å²) in [7, 11) is -3.58. The minimum atomic E-state index is -3.58. The summed E-state index contributed by atoms with van der Waals surface area (Å²) in [6.45, 7) is 6.82. The van der Waals surface area contributed by atoms with Gasteiger partial charge < -0.3 is 0 Å². The molecule has 0 bridgehead atoms. The molecular formula is C24H28ClNO2S. The summed E-state index contributed by atoms with van der Waals surface area (Å²) in [6.07, 6.45) is 1.98. The van der Waals surface area contributed by atoms with Crippen LogP contribution in [0.25, 0.3) is 0 Å². The Morgan fingerprint density at radius 3 is 2.45 bits per heavy atom. The van der Waals surface area contributed by atoms with Crippen LogP contribution in [0.15, 0.2) is 76.4 Å². The number of alkyl halides is 1. The van der Waals surface area contributed by atoms with E-state index in [2.05, 4.69) is 19.6 Å². The van der Waals surface area contributed by atoms with E-state index in [4.69, 9.17) is 11.6 Å². The highest BCUT2D eigenvalue weighted by molar-refractivity contribution is 7.89. The number of rotatable bonds is 6. The van der Waals surface area contributed by atoms with E-state index >= 15 is 0 Å². The fourth-order valence-electron chi connectivity index (χ4n) is 3.73. The zero-order chi connectivity index (χ0) is 21.0. The first-order valence-corrected chi connectivity index (χ1v) is 11.9. The SMILES string of the molecule is CCCC(C)=C=C1CN(S(=O)(=O)c2ccc(C)cc2)C[C@H]1[C@H](Cl)c1ccccc1. The number of sulfonamides is 1. The van der Waals surface area contributed by atoms with Crippen LogP contribution in [-0.2, 0) is 10.0 Å². The molecule has 154 valence electrons. The summed E-state index contributed by atoms with van der Waals surface area (Å²) in [5.74, 6) is -0.105. The van der Waals surface area contributed by atoms with E-state index in [1.165, 1.54) is 0 Å². The van der Waals surface area contributed by atoms with Crippen molar-refractivity contribution in [3.8, 4) is 0 Å². The smallest absolute Gasteiger partial charge is 0.207 e. The second kappa shape index (κ2) is 9.32. The second-order valence-corrected chi connectivity index (χ2v) is 10.1. The average molecular weight is 430 g/mol. The summed E-state index contributed by atoms with van der Waals surface area (Å²) in [5.41, 5.74) is 7.63. The third kappa shape index (κ3) is 5.02. The third-order valence-electron chi connectivity index (χ3n) is 5.32. The fraction of sp³-hybridized carbons (Fsp3) is 0.375. The zero-order valence-corrected chi connectivity index (χ0v) is 18.8. The lowest BCUT2D eigenvalue weighted by Crippen LogP contribution is -2.29. The van der Waals surface area contributed by atoms with Gasteiger partial charge in [-0.25, -0.2) is 8.42 Å². The third-order valence-corrected chi connectivity index (χ3v) is 7.71. The molecule has 0 amide bonds. The van der Waals surface area contributed by atoms with E-state index in [9.17, 15) is 8.42 Å². The van der Waals surface area contributed by atoms with Crippen LogP contribution in [0.2, 0.25) is 0 Å². The van der Waals surface area contributed by atoms with Crippen molar-refractivity contribution in [2.24, 2.45) is 5.92 Å². The van der Waals surface area contributed by atoms with Crippen molar-refractivity contribution in [2.75, 3.05) is 13.1 Å². The van der Waals surface area contributed by atoms with E-state index in [0.717, 1.165) is 35.1 Å². The lowest BCUT2D eigenvalue weighted by Gasteiger charge is -2.19. The lowest BCUT2D eigenvalue weighted by molar-refractivity contribution is 0.453. The quantitative estimate of drug-likeness (QED) is 0.425. The number of aryl methyl sites for hydroxylation is 1. The molecule has 0 radical (unpaired) electrons. The van der Waals surface area contributed by atoms with Gasteiger partial charge in [-0.05, 0) is 49.1 Å². The minimum absolute atomic E-state index is 0.105. The minimum Gasteiger partial charge on any atom is -0.207 e. The average Bonchev–Trinajstić information content (AvgIpc) is 3.13. The molecule has 0 aliphatic carbocycles. The maximum absolute atomic E-state index is 13.2. The van der Waals surface area contributed by atoms with Crippen molar-refractivity contribution in [3.63, 3.8) is 0 Å². The number of hydrogen-bond donors (Lipinski definition) is 0. The molecule has 3 nitrogen and oxygen atoms in total. The Kier molecular flexibility index (Phi) is 7.02. The van der Waals surface area contributed by atoms with Crippen molar-refractivity contribution in [1.82, 2.24) is 4.31 Å². The summed E-state index contributed by atoms with van der Waals surface area (Å²) < 4.78 is 28.0. The van der Waals surface area contributed by atoms with E-state index in [-0.39, 0.29) is 11.3 Å². The lowest BCUT2D eigenvalue weighted by atomic mass is 9.93. The van der Waals surface area contributed by atoms with Crippen LogP contribution in [0.1, 0.15) is 43.2 Å². The molecule has 2 aromatic carbocycles. The molecule has 1 aliphatic heterocycles. The molecule has 0 aromatic heterocycles. The van der Waals surface area contributed by atoms with Gasteiger partial charge in [0.15, 0.2) is 0 Å². The Labute approximate surface area is 179 Å². The normalized spacial score (nSPS) is 18.5. The van der Waals surface area contributed by atoms with Gasteiger partial charge in [0.1, 0.15) is 0 Å². The highest BCUT2D eigenvalue weighted by Crippen LogP contribution is 2.40. The Morgan fingerprint density at radius 2 is 1.83 bits per heavy atom. The molecular weight excluding hydrogens is 402 g/mol. The van der Waals surface area contributed by atoms with Crippen LogP contribution in [0, 0.1) is 12.8 Å². The molecule has 2 aromatic rings. The predicted molar refractivity (Wildman–Crippen MR) is 120 cm³/mol. The van der Waals surface area contributed by atoms with Gasteiger partial charge in [-0.3, -0.25) is 0 Å². The van der Waals surface area contributed by atoms with Crippen LogP contribution in [0.4, 0.5) is 0 Å². The number of halogens is 1. The van der Waals surface area contributed by atoms with Gasteiger partial charge in [-0.1, -0.05) is 61.4 Å². The van der Waals surface area contributed by atoms with Crippen LogP contribution in [0.5, 0.6) is 0 Å². The number of benzene rings is 2. The molecule has 0 saturated carbocycles. The highest BCUT2D eigenvalue weighted by atomic mass is 35.5. The van der Waals surface area contributed by atoms with E-state index in [0.29, 0.717) is 18.0 Å². The first-order valence-electron chi connectivity index (χ1n) is 10.0. The molecule has 1 aliphatic rings. The number of nitrogens with zero attached hydrogens (tertiary/aromatic N) is 1. The van der Waals surface area contributed by atoms with Crippen LogP contribution in [-0.4, -0.2) is 25.8 Å². The molecule has 1 saturated heterocycles. The first kappa shape index (κ1) is 21.9. The van der Waals surface area contributed by atoms with Crippen molar-refractivity contribution >= 4 is 21.6 Å². The number of hydrogen-bond acceptors (Lipinski definition) is 2. The fourth-order valence-corrected chi connectivity index (χ4v) is 5.55. The molecule has 1 fully saturated rings. The largest absolute Gasteiger partial charge is 0.243 e. The van der Waals surface area contributed by atoms with Gasteiger partial charge in [0.25, 0.3) is 0 Å².